The molecule has 0 aromatic heterocycles. The SMILES string of the molecule is CCCNC(=O)CNC(=O)Cc1ccc(OC(F)F)cc1. The smallest absolute Gasteiger partial charge is 0.387 e. The number of hydrogen-bond donors (Lipinski definition) is 2. The van der Waals surface area contributed by atoms with Crippen molar-refractivity contribution in [3.05, 3.63) is 29.8 Å². The van der Waals surface area contributed by atoms with Crippen molar-refractivity contribution in [2.75, 3.05) is 13.1 Å². The van der Waals surface area contributed by atoms with Crippen LogP contribution in [0.4, 0.5) is 8.78 Å². The summed E-state index contributed by atoms with van der Waals surface area (Å²) in [6.45, 7) is -0.452. The molecule has 0 saturated heterocycles. The Morgan fingerprint density at radius 1 is 1.14 bits per heavy atom. The van der Waals surface area contributed by atoms with Crippen LogP contribution in [0, 0.1) is 0 Å². The van der Waals surface area contributed by atoms with Crippen LogP contribution in [0.5, 0.6) is 5.75 Å². The highest BCUT2D eigenvalue weighted by atomic mass is 19.3. The van der Waals surface area contributed by atoms with Crippen LogP contribution < -0.4 is 15.4 Å². The Kier molecular flexibility index (Phi) is 7.14. The molecule has 2 N–H and O–H groups in total. The van der Waals surface area contributed by atoms with Crippen molar-refractivity contribution in [1.29, 1.82) is 0 Å². The maximum atomic E-state index is 12.0. The first-order valence-electron chi connectivity index (χ1n) is 6.58. The summed E-state index contributed by atoms with van der Waals surface area (Å²) in [6.07, 6.45) is 0.892. The van der Waals surface area contributed by atoms with Crippen molar-refractivity contribution < 1.29 is 23.1 Å². The Labute approximate surface area is 121 Å². The summed E-state index contributed by atoms with van der Waals surface area (Å²) >= 11 is 0. The molecule has 0 atom stereocenters. The maximum absolute atomic E-state index is 12.0. The van der Waals surface area contributed by atoms with Crippen LogP contribution in [-0.2, 0) is 16.0 Å². The van der Waals surface area contributed by atoms with Crippen LogP contribution in [-0.4, -0.2) is 31.5 Å². The monoisotopic (exact) mass is 300 g/mol. The summed E-state index contributed by atoms with van der Waals surface area (Å²) in [5.74, 6) is -0.525. The predicted molar refractivity (Wildman–Crippen MR) is 73.1 cm³/mol. The molecule has 21 heavy (non-hydrogen) atoms. The molecule has 7 heteroatoms. The van der Waals surface area contributed by atoms with Crippen LogP contribution in [0.3, 0.4) is 0 Å². The summed E-state index contributed by atoms with van der Waals surface area (Å²) in [4.78, 5) is 22.9. The molecular formula is C14H18F2N2O3. The molecule has 0 radical (unpaired) electrons. The minimum atomic E-state index is -2.87. The summed E-state index contributed by atoms with van der Waals surface area (Å²) in [7, 11) is 0. The topological polar surface area (TPSA) is 67.4 Å². The van der Waals surface area contributed by atoms with Gasteiger partial charge in [-0.3, -0.25) is 9.59 Å². The molecule has 0 aliphatic carbocycles. The zero-order valence-electron chi connectivity index (χ0n) is 11.7. The average Bonchev–Trinajstić information content (AvgIpc) is 2.44. The van der Waals surface area contributed by atoms with E-state index in [4.69, 9.17) is 0 Å². The molecule has 0 heterocycles. The number of ether oxygens (including phenoxy) is 1. The number of hydrogen-bond acceptors (Lipinski definition) is 3. The standard InChI is InChI=1S/C14H18F2N2O3/c1-2-7-17-13(20)9-18-12(19)8-10-3-5-11(6-4-10)21-14(15)16/h3-6,14H,2,7-9H2,1H3,(H,17,20)(H,18,19). The highest BCUT2D eigenvalue weighted by molar-refractivity contribution is 5.85. The molecule has 1 aromatic rings. The second-order valence-electron chi connectivity index (χ2n) is 4.33. The lowest BCUT2D eigenvalue weighted by molar-refractivity contribution is -0.125. The molecule has 2 amide bonds. The zero-order valence-corrected chi connectivity index (χ0v) is 11.7. The maximum Gasteiger partial charge on any atom is 0.387 e. The van der Waals surface area contributed by atoms with Gasteiger partial charge >= 0.3 is 6.61 Å². The Hall–Kier alpha value is -2.18. The van der Waals surface area contributed by atoms with E-state index in [0.717, 1.165) is 6.42 Å². The van der Waals surface area contributed by atoms with E-state index >= 15 is 0 Å². The fraction of sp³-hybridized carbons (Fsp3) is 0.429. The summed E-state index contributed by atoms with van der Waals surface area (Å²) in [6, 6.07) is 5.77. The number of nitrogens with one attached hydrogen (secondary N) is 2. The second kappa shape index (κ2) is 8.89. The first kappa shape index (κ1) is 16.9. The van der Waals surface area contributed by atoms with Crippen LogP contribution in [0.15, 0.2) is 24.3 Å². The third-order valence-corrected chi connectivity index (χ3v) is 2.53. The molecule has 1 aromatic carbocycles. The highest BCUT2D eigenvalue weighted by Crippen LogP contribution is 2.15. The van der Waals surface area contributed by atoms with Crippen molar-refractivity contribution in [2.24, 2.45) is 0 Å². The lowest BCUT2D eigenvalue weighted by Crippen LogP contribution is -2.37. The fourth-order valence-corrected chi connectivity index (χ4v) is 1.54. The predicted octanol–water partition coefficient (Wildman–Crippen LogP) is 1.47. The van der Waals surface area contributed by atoms with Crippen molar-refractivity contribution in [2.45, 2.75) is 26.4 Å². The third kappa shape index (κ3) is 7.24. The van der Waals surface area contributed by atoms with Gasteiger partial charge in [-0.05, 0) is 24.1 Å². The minimum absolute atomic E-state index is 0.0353. The molecule has 1 rings (SSSR count). The van der Waals surface area contributed by atoms with E-state index in [1.807, 2.05) is 6.92 Å². The second-order valence-corrected chi connectivity index (χ2v) is 4.33. The third-order valence-electron chi connectivity index (χ3n) is 2.53. The number of alkyl halides is 2. The van der Waals surface area contributed by atoms with Gasteiger partial charge in [-0.1, -0.05) is 19.1 Å². The number of halogens is 2. The van der Waals surface area contributed by atoms with Gasteiger partial charge in [0, 0.05) is 6.54 Å². The Bertz CT molecular complexity index is 464. The van der Waals surface area contributed by atoms with E-state index in [2.05, 4.69) is 15.4 Å². The van der Waals surface area contributed by atoms with E-state index in [9.17, 15) is 18.4 Å². The van der Waals surface area contributed by atoms with Gasteiger partial charge in [-0.25, -0.2) is 0 Å². The Morgan fingerprint density at radius 2 is 1.81 bits per heavy atom. The van der Waals surface area contributed by atoms with Gasteiger partial charge < -0.3 is 15.4 Å². The van der Waals surface area contributed by atoms with Gasteiger partial charge in [0.05, 0.1) is 13.0 Å². The molecular weight excluding hydrogens is 282 g/mol. The Morgan fingerprint density at radius 3 is 2.38 bits per heavy atom. The lowest BCUT2D eigenvalue weighted by atomic mass is 10.1. The van der Waals surface area contributed by atoms with Crippen LogP contribution >= 0.6 is 0 Å². The van der Waals surface area contributed by atoms with Gasteiger partial charge in [0.1, 0.15) is 5.75 Å². The lowest BCUT2D eigenvalue weighted by Gasteiger charge is -2.07. The zero-order chi connectivity index (χ0) is 15.7. The first-order chi connectivity index (χ1) is 10.0. The molecule has 0 fully saturated rings. The number of carbonyl (C=O) groups excluding carboxylic acids is 2. The number of rotatable bonds is 8. The normalized spacial score (nSPS) is 10.3. The van der Waals surface area contributed by atoms with Crippen LogP contribution in [0.2, 0.25) is 0 Å². The molecule has 0 spiro atoms. The van der Waals surface area contributed by atoms with E-state index < -0.39 is 6.61 Å². The van der Waals surface area contributed by atoms with E-state index in [1.165, 1.54) is 24.3 Å². The molecule has 5 nitrogen and oxygen atoms in total. The molecule has 0 aliphatic heterocycles. The van der Waals surface area contributed by atoms with Gasteiger partial charge in [0.2, 0.25) is 11.8 Å². The average molecular weight is 300 g/mol. The summed E-state index contributed by atoms with van der Waals surface area (Å²) in [5, 5.41) is 5.12. The van der Waals surface area contributed by atoms with Gasteiger partial charge in [-0.15, -0.1) is 0 Å². The van der Waals surface area contributed by atoms with Crippen LogP contribution in [0.1, 0.15) is 18.9 Å². The molecule has 116 valence electrons. The van der Waals surface area contributed by atoms with Crippen molar-refractivity contribution in [3.8, 4) is 5.75 Å². The van der Waals surface area contributed by atoms with E-state index in [1.54, 1.807) is 0 Å². The highest BCUT2D eigenvalue weighted by Gasteiger charge is 2.07. The van der Waals surface area contributed by atoms with Crippen LogP contribution in [0.25, 0.3) is 0 Å². The van der Waals surface area contributed by atoms with E-state index in [0.29, 0.717) is 12.1 Å². The van der Waals surface area contributed by atoms with Crippen molar-refractivity contribution >= 4 is 11.8 Å². The number of carbonyl (C=O) groups is 2. The number of amides is 2. The largest absolute Gasteiger partial charge is 0.435 e. The quantitative estimate of drug-likeness (QED) is 0.764. The number of benzene rings is 1. The van der Waals surface area contributed by atoms with Crippen molar-refractivity contribution in [3.63, 3.8) is 0 Å². The summed E-state index contributed by atoms with van der Waals surface area (Å²) < 4.78 is 28.1. The summed E-state index contributed by atoms with van der Waals surface area (Å²) in [5.41, 5.74) is 0.642. The fourth-order valence-electron chi connectivity index (χ4n) is 1.54. The minimum Gasteiger partial charge on any atom is -0.435 e. The Balaban J connectivity index is 2.35. The molecule has 0 bridgehead atoms. The molecule has 0 saturated carbocycles. The van der Waals surface area contributed by atoms with E-state index in [-0.39, 0.29) is 30.5 Å². The first-order valence-corrected chi connectivity index (χ1v) is 6.58. The molecule has 0 aliphatic rings. The van der Waals surface area contributed by atoms with Gasteiger partial charge in [0.25, 0.3) is 0 Å². The molecule has 0 unspecified atom stereocenters. The van der Waals surface area contributed by atoms with Crippen molar-refractivity contribution in [1.82, 2.24) is 10.6 Å². The van der Waals surface area contributed by atoms with Gasteiger partial charge in [0.15, 0.2) is 0 Å². The van der Waals surface area contributed by atoms with Gasteiger partial charge in [-0.2, -0.15) is 8.78 Å².